The van der Waals surface area contributed by atoms with Crippen molar-refractivity contribution in [2.45, 2.75) is 38.4 Å². The van der Waals surface area contributed by atoms with Crippen LogP contribution < -0.4 is 5.32 Å². The van der Waals surface area contributed by atoms with Crippen LogP contribution >= 0.6 is 11.8 Å². The standard InChI is InChI=1S/C10H20N4S/c1-5-11-8(2)6-7-15-10-13-12-9(3)14(10)4/h8,11H,5-7H2,1-4H3. The van der Waals surface area contributed by atoms with Gasteiger partial charge in [-0.1, -0.05) is 18.7 Å². The number of nitrogens with one attached hydrogen (secondary N) is 1. The van der Waals surface area contributed by atoms with Crippen LogP contribution in [0, 0.1) is 6.92 Å². The number of thioether (sulfide) groups is 1. The van der Waals surface area contributed by atoms with Crippen molar-refractivity contribution < 1.29 is 0 Å². The van der Waals surface area contributed by atoms with Crippen molar-refractivity contribution in [1.29, 1.82) is 0 Å². The Morgan fingerprint density at radius 3 is 2.73 bits per heavy atom. The Morgan fingerprint density at radius 1 is 1.47 bits per heavy atom. The molecule has 0 spiro atoms. The van der Waals surface area contributed by atoms with Gasteiger partial charge in [-0.2, -0.15) is 0 Å². The second kappa shape index (κ2) is 6.12. The van der Waals surface area contributed by atoms with Crippen molar-refractivity contribution in [2.75, 3.05) is 12.3 Å². The van der Waals surface area contributed by atoms with Gasteiger partial charge in [-0.25, -0.2) is 0 Å². The summed E-state index contributed by atoms with van der Waals surface area (Å²) in [7, 11) is 2.01. The highest BCUT2D eigenvalue weighted by Gasteiger charge is 2.06. The van der Waals surface area contributed by atoms with E-state index in [1.807, 2.05) is 18.5 Å². The first kappa shape index (κ1) is 12.5. The van der Waals surface area contributed by atoms with Crippen LogP contribution in [0.25, 0.3) is 0 Å². The van der Waals surface area contributed by atoms with Crippen LogP contribution in [0.5, 0.6) is 0 Å². The molecule has 0 bridgehead atoms. The lowest BCUT2D eigenvalue weighted by molar-refractivity contribution is 0.556. The van der Waals surface area contributed by atoms with Crippen LogP contribution in [0.2, 0.25) is 0 Å². The van der Waals surface area contributed by atoms with Crippen molar-refractivity contribution in [2.24, 2.45) is 7.05 Å². The minimum absolute atomic E-state index is 0.580. The maximum atomic E-state index is 4.11. The molecule has 0 amide bonds. The SMILES string of the molecule is CCNC(C)CCSc1nnc(C)n1C. The number of nitrogens with zero attached hydrogens (tertiary/aromatic N) is 3. The lowest BCUT2D eigenvalue weighted by Crippen LogP contribution is -2.25. The zero-order valence-corrected chi connectivity index (χ0v) is 10.8. The van der Waals surface area contributed by atoms with Gasteiger partial charge in [-0.3, -0.25) is 0 Å². The van der Waals surface area contributed by atoms with Crippen molar-refractivity contribution in [3.05, 3.63) is 5.82 Å². The van der Waals surface area contributed by atoms with Crippen LogP contribution in [-0.4, -0.2) is 33.1 Å². The van der Waals surface area contributed by atoms with E-state index in [2.05, 4.69) is 29.4 Å². The first-order chi connectivity index (χ1) is 7.15. The molecule has 0 radical (unpaired) electrons. The molecule has 5 heteroatoms. The third-order valence-corrected chi connectivity index (χ3v) is 3.44. The summed E-state index contributed by atoms with van der Waals surface area (Å²) in [6.07, 6.45) is 1.16. The Balaban J connectivity index is 2.29. The highest BCUT2D eigenvalue weighted by Crippen LogP contribution is 2.16. The van der Waals surface area contributed by atoms with Crippen molar-refractivity contribution in [3.63, 3.8) is 0 Å². The van der Waals surface area contributed by atoms with E-state index in [4.69, 9.17) is 0 Å². The van der Waals surface area contributed by atoms with E-state index in [1.54, 1.807) is 11.8 Å². The van der Waals surface area contributed by atoms with E-state index in [0.29, 0.717) is 6.04 Å². The molecule has 1 rings (SSSR count). The summed E-state index contributed by atoms with van der Waals surface area (Å²) in [5.74, 6) is 2.05. The predicted octanol–water partition coefficient (Wildman–Crippen LogP) is 1.60. The molecular formula is C10H20N4S. The number of hydrogen-bond donors (Lipinski definition) is 1. The number of aryl methyl sites for hydroxylation is 1. The third-order valence-electron chi connectivity index (χ3n) is 2.39. The highest BCUT2D eigenvalue weighted by atomic mass is 32.2. The molecule has 0 fully saturated rings. The van der Waals surface area contributed by atoms with Gasteiger partial charge in [-0.15, -0.1) is 10.2 Å². The van der Waals surface area contributed by atoms with Crippen molar-refractivity contribution >= 4 is 11.8 Å². The van der Waals surface area contributed by atoms with Gasteiger partial charge < -0.3 is 9.88 Å². The van der Waals surface area contributed by atoms with Gasteiger partial charge in [0.25, 0.3) is 0 Å². The van der Waals surface area contributed by atoms with E-state index in [-0.39, 0.29) is 0 Å². The Kier molecular flexibility index (Phi) is 5.11. The number of rotatable bonds is 6. The normalized spacial score (nSPS) is 13.1. The first-order valence-corrected chi connectivity index (χ1v) is 6.35. The molecule has 1 aromatic heterocycles. The molecule has 0 saturated carbocycles. The third kappa shape index (κ3) is 3.83. The fraction of sp³-hybridized carbons (Fsp3) is 0.800. The van der Waals surface area contributed by atoms with Gasteiger partial charge >= 0.3 is 0 Å². The fourth-order valence-corrected chi connectivity index (χ4v) is 2.37. The minimum atomic E-state index is 0.580. The topological polar surface area (TPSA) is 42.7 Å². The molecule has 0 aliphatic heterocycles. The molecule has 15 heavy (non-hydrogen) atoms. The zero-order chi connectivity index (χ0) is 11.3. The molecule has 1 atom stereocenters. The van der Waals surface area contributed by atoms with Crippen LogP contribution in [0.3, 0.4) is 0 Å². The van der Waals surface area contributed by atoms with E-state index >= 15 is 0 Å². The predicted molar refractivity (Wildman–Crippen MR) is 64.2 cm³/mol. The molecule has 0 aliphatic rings. The van der Waals surface area contributed by atoms with E-state index in [1.165, 1.54) is 0 Å². The van der Waals surface area contributed by atoms with Crippen molar-refractivity contribution in [1.82, 2.24) is 20.1 Å². The fourth-order valence-electron chi connectivity index (χ4n) is 1.29. The van der Waals surface area contributed by atoms with E-state index < -0.39 is 0 Å². The van der Waals surface area contributed by atoms with Crippen LogP contribution in [-0.2, 0) is 7.05 Å². The lowest BCUT2D eigenvalue weighted by atomic mass is 10.3. The molecule has 0 aliphatic carbocycles. The highest BCUT2D eigenvalue weighted by molar-refractivity contribution is 7.99. The molecule has 1 N–H and O–H groups in total. The summed E-state index contributed by atoms with van der Waals surface area (Å²) in [5.41, 5.74) is 0. The molecule has 1 heterocycles. The second-order valence-electron chi connectivity index (χ2n) is 3.68. The molecule has 0 aromatic carbocycles. The summed E-state index contributed by atoms with van der Waals surface area (Å²) in [5, 5.41) is 12.5. The van der Waals surface area contributed by atoms with Crippen LogP contribution in [0.4, 0.5) is 0 Å². The summed E-state index contributed by atoms with van der Waals surface area (Å²) in [6, 6.07) is 0.580. The minimum Gasteiger partial charge on any atom is -0.315 e. The maximum absolute atomic E-state index is 4.11. The van der Waals surface area contributed by atoms with E-state index in [9.17, 15) is 0 Å². The molecular weight excluding hydrogens is 208 g/mol. The van der Waals surface area contributed by atoms with Gasteiger partial charge in [0.05, 0.1) is 0 Å². The quantitative estimate of drug-likeness (QED) is 0.751. The van der Waals surface area contributed by atoms with Gasteiger partial charge in [-0.05, 0) is 26.8 Å². The van der Waals surface area contributed by atoms with E-state index in [0.717, 1.165) is 29.7 Å². The largest absolute Gasteiger partial charge is 0.315 e. The Bertz CT molecular complexity index is 298. The first-order valence-electron chi connectivity index (χ1n) is 5.37. The molecule has 1 aromatic rings. The summed E-state index contributed by atoms with van der Waals surface area (Å²) in [4.78, 5) is 0. The molecule has 4 nitrogen and oxygen atoms in total. The number of hydrogen-bond acceptors (Lipinski definition) is 4. The van der Waals surface area contributed by atoms with Crippen molar-refractivity contribution in [3.8, 4) is 0 Å². The van der Waals surface area contributed by atoms with Gasteiger partial charge in [0.1, 0.15) is 5.82 Å². The zero-order valence-electron chi connectivity index (χ0n) is 9.95. The summed E-state index contributed by atoms with van der Waals surface area (Å²) >= 11 is 1.77. The monoisotopic (exact) mass is 228 g/mol. The Hall–Kier alpha value is -0.550. The lowest BCUT2D eigenvalue weighted by Gasteiger charge is -2.10. The smallest absolute Gasteiger partial charge is 0.190 e. The second-order valence-corrected chi connectivity index (χ2v) is 4.75. The Morgan fingerprint density at radius 2 is 2.20 bits per heavy atom. The average Bonchev–Trinajstić information content (AvgIpc) is 2.50. The summed E-state index contributed by atoms with van der Waals surface area (Å²) < 4.78 is 2.03. The average molecular weight is 228 g/mol. The van der Waals surface area contributed by atoms with Crippen LogP contribution in [0.1, 0.15) is 26.1 Å². The summed E-state index contributed by atoms with van der Waals surface area (Å²) in [6.45, 7) is 7.36. The molecule has 86 valence electrons. The molecule has 1 unspecified atom stereocenters. The Labute approximate surface area is 95.9 Å². The van der Waals surface area contributed by atoms with Crippen LogP contribution in [0.15, 0.2) is 5.16 Å². The number of aromatic nitrogens is 3. The maximum Gasteiger partial charge on any atom is 0.190 e. The molecule has 0 saturated heterocycles. The van der Waals surface area contributed by atoms with Gasteiger partial charge in [0.2, 0.25) is 0 Å². The van der Waals surface area contributed by atoms with Gasteiger partial charge in [0, 0.05) is 18.8 Å². The van der Waals surface area contributed by atoms with Gasteiger partial charge in [0.15, 0.2) is 5.16 Å².